The van der Waals surface area contributed by atoms with Crippen molar-refractivity contribution in [3.8, 4) is 0 Å². The van der Waals surface area contributed by atoms with Gasteiger partial charge in [-0.2, -0.15) is 0 Å². The molecule has 0 bridgehead atoms. The summed E-state index contributed by atoms with van der Waals surface area (Å²) in [6.45, 7) is 0. The highest BCUT2D eigenvalue weighted by atomic mass is 35.5. The second-order valence-corrected chi connectivity index (χ2v) is 3.55. The van der Waals surface area contributed by atoms with Crippen molar-refractivity contribution in [3.05, 3.63) is 39.6 Å². The lowest BCUT2D eigenvalue weighted by atomic mass is 10.2. The number of hydrogen-bond acceptors (Lipinski definition) is 2. The molecule has 1 aromatic carbocycles. The number of halogens is 1. The number of aromatic nitrogens is 1. The Morgan fingerprint density at radius 3 is 2.86 bits per heavy atom. The fraction of sp³-hybridized carbons (Fsp3) is 0.100. The molecule has 1 heterocycles. The molecule has 0 aliphatic rings. The zero-order chi connectivity index (χ0) is 10.3. The van der Waals surface area contributed by atoms with Gasteiger partial charge >= 0.3 is 0 Å². The van der Waals surface area contributed by atoms with Crippen LogP contribution in [-0.2, 0) is 7.05 Å². The van der Waals surface area contributed by atoms with E-state index in [0.29, 0.717) is 10.5 Å². The van der Waals surface area contributed by atoms with Gasteiger partial charge in [0.1, 0.15) is 0 Å². The van der Waals surface area contributed by atoms with Crippen molar-refractivity contribution < 1.29 is 0 Å². The first-order valence-electron chi connectivity index (χ1n) is 4.15. The van der Waals surface area contributed by atoms with Gasteiger partial charge in [0.2, 0.25) is 0 Å². The van der Waals surface area contributed by atoms with Gasteiger partial charge in [-0.15, -0.1) is 0 Å². The molecule has 72 valence electrons. The standard InChI is InChI=1S/C10H9ClN2O/c1-13-9-6(3-2-4-7(9)11)5-8(12)10(13)14/h2-5H,12H2,1H3. The van der Waals surface area contributed by atoms with Gasteiger partial charge in [-0.05, 0) is 12.1 Å². The first-order chi connectivity index (χ1) is 6.61. The summed E-state index contributed by atoms with van der Waals surface area (Å²) >= 11 is 5.99. The summed E-state index contributed by atoms with van der Waals surface area (Å²) in [6, 6.07) is 7.09. The summed E-state index contributed by atoms with van der Waals surface area (Å²) in [7, 11) is 1.66. The molecule has 0 aliphatic carbocycles. The number of benzene rings is 1. The predicted octanol–water partition coefficient (Wildman–Crippen LogP) is 1.77. The summed E-state index contributed by atoms with van der Waals surface area (Å²) < 4.78 is 1.47. The first kappa shape index (κ1) is 9.09. The molecule has 2 N–H and O–H groups in total. The van der Waals surface area contributed by atoms with E-state index >= 15 is 0 Å². The Kier molecular flexibility index (Phi) is 1.97. The minimum absolute atomic E-state index is 0.217. The number of pyridine rings is 1. The minimum atomic E-state index is -0.217. The molecule has 2 aromatic rings. The normalized spacial score (nSPS) is 10.7. The molecule has 0 amide bonds. The molecule has 0 fully saturated rings. The first-order valence-corrected chi connectivity index (χ1v) is 4.53. The van der Waals surface area contributed by atoms with Gasteiger partial charge in [-0.3, -0.25) is 4.79 Å². The highest BCUT2D eigenvalue weighted by molar-refractivity contribution is 6.35. The van der Waals surface area contributed by atoms with Crippen molar-refractivity contribution in [1.82, 2.24) is 4.57 Å². The van der Waals surface area contributed by atoms with Crippen LogP contribution in [0.2, 0.25) is 5.02 Å². The molecule has 0 saturated carbocycles. The number of nitrogen functional groups attached to an aromatic ring is 1. The van der Waals surface area contributed by atoms with Crippen LogP contribution in [0.5, 0.6) is 0 Å². The maximum absolute atomic E-state index is 11.5. The lowest BCUT2D eigenvalue weighted by molar-refractivity contribution is 0.910. The third-order valence-electron chi connectivity index (χ3n) is 2.22. The third-order valence-corrected chi connectivity index (χ3v) is 2.52. The number of hydrogen-bond donors (Lipinski definition) is 1. The Labute approximate surface area is 85.7 Å². The summed E-state index contributed by atoms with van der Waals surface area (Å²) in [5, 5.41) is 1.43. The molecule has 2 rings (SSSR count). The van der Waals surface area contributed by atoms with E-state index in [1.54, 1.807) is 19.2 Å². The number of nitrogens with two attached hydrogens (primary N) is 1. The number of para-hydroxylation sites is 1. The molecule has 0 spiro atoms. The van der Waals surface area contributed by atoms with Crippen LogP contribution in [0.1, 0.15) is 0 Å². The van der Waals surface area contributed by atoms with E-state index in [0.717, 1.165) is 5.39 Å². The topological polar surface area (TPSA) is 48.0 Å². The molecule has 3 nitrogen and oxygen atoms in total. The monoisotopic (exact) mass is 208 g/mol. The molecule has 0 atom stereocenters. The summed E-state index contributed by atoms with van der Waals surface area (Å²) in [5.41, 5.74) is 6.30. The number of rotatable bonds is 0. The van der Waals surface area contributed by atoms with E-state index in [4.69, 9.17) is 17.3 Å². The van der Waals surface area contributed by atoms with Crippen LogP contribution in [0.4, 0.5) is 5.69 Å². The van der Waals surface area contributed by atoms with Gasteiger partial charge < -0.3 is 10.3 Å². The van der Waals surface area contributed by atoms with Gasteiger partial charge in [0.25, 0.3) is 5.56 Å². The van der Waals surface area contributed by atoms with E-state index < -0.39 is 0 Å². The fourth-order valence-electron chi connectivity index (χ4n) is 1.53. The zero-order valence-electron chi connectivity index (χ0n) is 7.62. The average molecular weight is 209 g/mol. The molecule has 1 aromatic heterocycles. The lowest BCUT2D eigenvalue weighted by Crippen LogP contribution is -2.20. The van der Waals surface area contributed by atoms with Crippen LogP contribution in [0.25, 0.3) is 10.9 Å². The SMILES string of the molecule is Cn1c(=O)c(N)cc2cccc(Cl)c21. The van der Waals surface area contributed by atoms with E-state index in [1.165, 1.54) is 4.57 Å². The van der Waals surface area contributed by atoms with E-state index in [1.807, 2.05) is 12.1 Å². The summed E-state index contributed by atoms with van der Waals surface area (Å²) in [5.74, 6) is 0. The van der Waals surface area contributed by atoms with Crippen molar-refractivity contribution in [2.75, 3.05) is 5.73 Å². The van der Waals surface area contributed by atoms with Crippen LogP contribution in [0.15, 0.2) is 29.1 Å². The average Bonchev–Trinajstić information content (AvgIpc) is 2.14. The largest absolute Gasteiger partial charge is 0.394 e. The minimum Gasteiger partial charge on any atom is -0.394 e. The van der Waals surface area contributed by atoms with Crippen LogP contribution in [-0.4, -0.2) is 4.57 Å². The number of aryl methyl sites for hydroxylation is 1. The molecule has 0 radical (unpaired) electrons. The van der Waals surface area contributed by atoms with Gasteiger partial charge in [-0.25, -0.2) is 0 Å². The second kappa shape index (κ2) is 3.03. The van der Waals surface area contributed by atoms with Crippen LogP contribution < -0.4 is 11.3 Å². The Bertz CT molecular complexity index is 560. The van der Waals surface area contributed by atoms with Crippen molar-refractivity contribution in [1.29, 1.82) is 0 Å². The Balaban J connectivity index is 3.07. The molecule has 4 heteroatoms. The van der Waals surface area contributed by atoms with Crippen LogP contribution in [0.3, 0.4) is 0 Å². The quantitative estimate of drug-likeness (QED) is 0.718. The van der Waals surface area contributed by atoms with Gasteiger partial charge in [0.05, 0.1) is 16.2 Å². The van der Waals surface area contributed by atoms with Gasteiger partial charge in [-0.1, -0.05) is 23.7 Å². The number of anilines is 1. The van der Waals surface area contributed by atoms with Crippen molar-refractivity contribution in [2.45, 2.75) is 0 Å². The summed E-state index contributed by atoms with van der Waals surface area (Å²) in [6.07, 6.45) is 0. The Morgan fingerprint density at radius 1 is 1.43 bits per heavy atom. The molecule has 0 unspecified atom stereocenters. The van der Waals surface area contributed by atoms with Crippen molar-refractivity contribution >= 4 is 28.2 Å². The molecule has 0 aliphatic heterocycles. The van der Waals surface area contributed by atoms with Crippen LogP contribution >= 0.6 is 11.6 Å². The second-order valence-electron chi connectivity index (χ2n) is 3.14. The molecular weight excluding hydrogens is 200 g/mol. The van der Waals surface area contributed by atoms with E-state index in [9.17, 15) is 4.79 Å². The smallest absolute Gasteiger partial charge is 0.273 e. The lowest BCUT2D eigenvalue weighted by Gasteiger charge is -2.07. The third kappa shape index (κ3) is 1.17. The van der Waals surface area contributed by atoms with Gasteiger partial charge in [0.15, 0.2) is 0 Å². The molecule has 0 saturated heterocycles. The van der Waals surface area contributed by atoms with E-state index in [-0.39, 0.29) is 11.2 Å². The van der Waals surface area contributed by atoms with Crippen molar-refractivity contribution in [2.24, 2.45) is 7.05 Å². The summed E-state index contributed by atoms with van der Waals surface area (Å²) in [4.78, 5) is 11.5. The van der Waals surface area contributed by atoms with Crippen molar-refractivity contribution in [3.63, 3.8) is 0 Å². The number of fused-ring (bicyclic) bond motifs is 1. The molecule has 14 heavy (non-hydrogen) atoms. The van der Waals surface area contributed by atoms with Crippen LogP contribution in [0, 0.1) is 0 Å². The zero-order valence-corrected chi connectivity index (χ0v) is 8.38. The maximum atomic E-state index is 11.5. The number of nitrogens with zero attached hydrogens (tertiary/aromatic N) is 1. The van der Waals surface area contributed by atoms with E-state index in [2.05, 4.69) is 0 Å². The molecular formula is C10H9ClN2O. The van der Waals surface area contributed by atoms with Gasteiger partial charge in [0, 0.05) is 12.4 Å². The fourth-order valence-corrected chi connectivity index (χ4v) is 1.84. The Hall–Kier alpha value is -1.48. The Morgan fingerprint density at radius 2 is 2.14 bits per heavy atom. The maximum Gasteiger partial charge on any atom is 0.273 e. The highest BCUT2D eigenvalue weighted by Crippen LogP contribution is 2.22. The predicted molar refractivity (Wildman–Crippen MR) is 58.6 cm³/mol. The highest BCUT2D eigenvalue weighted by Gasteiger charge is 2.05.